The average Bonchev–Trinajstić information content (AvgIpc) is 2.19. The summed E-state index contributed by atoms with van der Waals surface area (Å²) in [5.41, 5.74) is 6.91. The highest BCUT2D eigenvalue weighted by atomic mass is 28.3. The Morgan fingerprint density at radius 3 is 1.50 bits per heavy atom. The first-order valence-electron chi connectivity index (χ1n) is 4.66. The highest BCUT2D eigenvalue weighted by Gasteiger charge is 2.12. The second-order valence-corrected chi connectivity index (χ2v) is 5.22. The van der Waals surface area contributed by atoms with E-state index in [2.05, 4.69) is 45.1 Å². The average molecular weight is 219 g/mol. The van der Waals surface area contributed by atoms with Crippen molar-refractivity contribution in [1.82, 2.24) is 0 Å². The van der Waals surface area contributed by atoms with Crippen molar-refractivity contribution in [3.63, 3.8) is 0 Å². The van der Waals surface area contributed by atoms with Gasteiger partial charge in [-0.15, -0.1) is 0 Å². The lowest BCUT2D eigenvalue weighted by Gasteiger charge is -2.17. The third-order valence-corrected chi connectivity index (χ3v) is 4.52. The van der Waals surface area contributed by atoms with E-state index in [4.69, 9.17) is 4.12 Å². The maximum Gasteiger partial charge on any atom is 0.257 e. The maximum absolute atomic E-state index is 5.07. The lowest BCUT2D eigenvalue weighted by molar-refractivity contribution is 0.676. The van der Waals surface area contributed by atoms with Crippen LogP contribution in [0.15, 0.2) is 0 Å². The zero-order chi connectivity index (χ0) is 10.9. The van der Waals surface area contributed by atoms with E-state index in [-0.39, 0.29) is 0 Å². The molecule has 14 heavy (non-hydrogen) atoms. The molecular formula is C11H15OSi2. The quantitative estimate of drug-likeness (QED) is 0.686. The molecule has 0 aliphatic carbocycles. The van der Waals surface area contributed by atoms with Crippen LogP contribution in [0.25, 0.3) is 0 Å². The molecule has 0 aliphatic rings. The highest BCUT2D eigenvalue weighted by Crippen LogP contribution is 2.18. The van der Waals surface area contributed by atoms with Gasteiger partial charge in [0.25, 0.3) is 9.76 Å². The van der Waals surface area contributed by atoms with Crippen molar-refractivity contribution in [2.24, 2.45) is 0 Å². The Hall–Kier alpha value is -0.386. The monoisotopic (exact) mass is 219 g/mol. The molecular weight excluding hydrogens is 204 g/mol. The molecule has 0 atom stereocenters. The first-order valence-corrected chi connectivity index (χ1v) is 5.97. The van der Waals surface area contributed by atoms with E-state index < -0.39 is 0 Å². The first kappa shape index (κ1) is 11.7. The molecule has 0 aromatic heterocycles. The number of rotatable bonds is 2. The van der Waals surface area contributed by atoms with Gasteiger partial charge < -0.3 is 4.12 Å². The van der Waals surface area contributed by atoms with Crippen LogP contribution >= 0.6 is 0 Å². The second kappa shape index (κ2) is 4.42. The molecule has 5 radical (unpaired) electrons. The fraction of sp³-hybridized carbons (Fsp3) is 0.455. The van der Waals surface area contributed by atoms with Gasteiger partial charge in [-0.2, -0.15) is 0 Å². The molecule has 0 saturated heterocycles. The van der Waals surface area contributed by atoms with Gasteiger partial charge in [-0.05, 0) is 67.6 Å². The smallest absolute Gasteiger partial charge is 0.257 e. The van der Waals surface area contributed by atoms with E-state index in [1.165, 1.54) is 33.0 Å². The maximum atomic E-state index is 5.07. The van der Waals surface area contributed by atoms with E-state index in [1.807, 2.05) is 0 Å². The van der Waals surface area contributed by atoms with E-state index in [9.17, 15) is 0 Å². The van der Waals surface area contributed by atoms with Crippen LogP contribution < -0.4 is 5.19 Å². The lowest BCUT2D eigenvalue weighted by atomic mass is 9.95. The molecule has 3 heteroatoms. The summed E-state index contributed by atoms with van der Waals surface area (Å²) >= 11 is 0. The zero-order valence-corrected chi connectivity index (χ0v) is 11.4. The lowest BCUT2D eigenvalue weighted by Crippen LogP contribution is -2.25. The molecule has 73 valence electrons. The van der Waals surface area contributed by atoms with Gasteiger partial charge in [0.1, 0.15) is 0 Å². The Labute approximate surface area is 92.4 Å². The first-order chi connectivity index (χ1) is 6.50. The Bertz CT molecular complexity index is 330. The van der Waals surface area contributed by atoms with Crippen molar-refractivity contribution in [3.8, 4) is 0 Å². The Morgan fingerprint density at radius 2 is 1.14 bits per heavy atom. The minimum atomic E-state index is 0.388. The van der Waals surface area contributed by atoms with Crippen LogP contribution in [0.5, 0.6) is 0 Å². The Kier molecular flexibility index (Phi) is 3.69. The van der Waals surface area contributed by atoms with Gasteiger partial charge in [-0.25, -0.2) is 0 Å². The fourth-order valence-electron chi connectivity index (χ4n) is 1.70. The molecule has 0 saturated carbocycles. The molecule has 0 N–H and O–H groups in total. The van der Waals surface area contributed by atoms with Crippen LogP contribution in [0.4, 0.5) is 0 Å². The summed E-state index contributed by atoms with van der Waals surface area (Å²) in [7, 11) is 3.47. The Balaban J connectivity index is 3.43. The van der Waals surface area contributed by atoms with Gasteiger partial charge in [0, 0.05) is 0 Å². The largest absolute Gasteiger partial charge is 0.454 e. The highest BCUT2D eigenvalue weighted by molar-refractivity contribution is 6.52. The summed E-state index contributed by atoms with van der Waals surface area (Å²) in [6.45, 7) is 10.9. The van der Waals surface area contributed by atoms with Crippen LogP contribution in [-0.4, -0.2) is 20.2 Å². The number of hydrogen-bond donors (Lipinski definition) is 0. The summed E-state index contributed by atoms with van der Waals surface area (Å²) in [5.74, 6) is 0. The van der Waals surface area contributed by atoms with Gasteiger partial charge in [-0.3, -0.25) is 0 Å². The van der Waals surface area contributed by atoms with Crippen molar-refractivity contribution in [2.45, 2.75) is 34.6 Å². The molecule has 1 aromatic carbocycles. The predicted molar refractivity (Wildman–Crippen MR) is 62.4 cm³/mol. The van der Waals surface area contributed by atoms with Gasteiger partial charge >= 0.3 is 0 Å². The molecule has 0 bridgehead atoms. The third-order valence-electron chi connectivity index (χ3n) is 3.15. The minimum Gasteiger partial charge on any atom is -0.454 e. The summed E-state index contributed by atoms with van der Waals surface area (Å²) in [6, 6.07) is 0. The van der Waals surface area contributed by atoms with Crippen LogP contribution in [0.2, 0.25) is 0 Å². The molecule has 0 spiro atoms. The molecule has 0 aliphatic heterocycles. The molecule has 0 fully saturated rings. The van der Waals surface area contributed by atoms with Crippen molar-refractivity contribution in [1.29, 1.82) is 0 Å². The molecule has 1 aromatic rings. The van der Waals surface area contributed by atoms with Crippen LogP contribution in [0.1, 0.15) is 27.8 Å². The van der Waals surface area contributed by atoms with E-state index >= 15 is 0 Å². The van der Waals surface area contributed by atoms with Crippen molar-refractivity contribution in [2.75, 3.05) is 0 Å². The molecule has 0 unspecified atom stereocenters. The van der Waals surface area contributed by atoms with E-state index in [0.29, 0.717) is 9.76 Å². The zero-order valence-electron chi connectivity index (χ0n) is 9.41. The van der Waals surface area contributed by atoms with E-state index in [1.54, 1.807) is 0 Å². The van der Waals surface area contributed by atoms with Gasteiger partial charge in [0.2, 0.25) is 10.5 Å². The molecule has 1 rings (SSSR count). The Morgan fingerprint density at radius 1 is 0.786 bits per heavy atom. The van der Waals surface area contributed by atoms with Gasteiger partial charge in [0.15, 0.2) is 0 Å². The van der Waals surface area contributed by atoms with Crippen molar-refractivity contribution in [3.05, 3.63) is 27.8 Å². The van der Waals surface area contributed by atoms with Crippen LogP contribution in [0.3, 0.4) is 0 Å². The predicted octanol–water partition coefficient (Wildman–Crippen LogP) is 1.57. The minimum absolute atomic E-state index is 0.388. The van der Waals surface area contributed by atoms with Crippen LogP contribution in [0, 0.1) is 34.6 Å². The van der Waals surface area contributed by atoms with Gasteiger partial charge in [-0.1, -0.05) is 0 Å². The second-order valence-electron chi connectivity index (χ2n) is 3.70. The topological polar surface area (TPSA) is 9.23 Å². The van der Waals surface area contributed by atoms with Crippen LogP contribution in [-0.2, 0) is 4.12 Å². The standard InChI is InChI=1S/C11H15OSi2/c1-6-7(2)9(4)11(14-12-13)10(5)8(6)3/h1-5H3. The summed E-state index contributed by atoms with van der Waals surface area (Å²) in [4.78, 5) is 0. The molecule has 0 amide bonds. The number of hydrogen-bond acceptors (Lipinski definition) is 1. The third kappa shape index (κ3) is 1.85. The number of benzene rings is 1. The van der Waals surface area contributed by atoms with Gasteiger partial charge in [0.05, 0.1) is 0 Å². The fourth-order valence-corrected chi connectivity index (χ4v) is 2.79. The molecule has 0 heterocycles. The van der Waals surface area contributed by atoms with Crippen molar-refractivity contribution < 1.29 is 4.12 Å². The van der Waals surface area contributed by atoms with E-state index in [0.717, 1.165) is 0 Å². The summed E-state index contributed by atoms with van der Waals surface area (Å²) in [6.07, 6.45) is 0. The summed E-state index contributed by atoms with van der Waals surface area (Å²) < 4.78 is 5.07. The normalized spacial score (nSPS) is 10.7. The summed E-state index contributed by atoms with van der Waals surface area (Å²) in [5, 5.41) is 1.33. The SMILES string of the molecule is Cc1c(C)c(C)c([Si]O[Si])c(C)c1C. The van der Waals surface area contributed by atoms with Crippen molar-refractivity contribution >= 4 is 25.4 Å². The molecule has 1 nitrogen and oxygen atoms in total.